The van der Waals surface area contributed by atoms with Crippen molar-refractivity contribution in [2.75, 3.05) is 0 Å². The molecule has 0 bridgehead atoms. The van der Waals surface area contributed by atoms with E-state index in [0.717, 1.165) is 12.8 Å². The number of amides is 1. The fourth-order valence-electron chi connectivity index (χ4n) is 0.939. The summed E-state index contributed by atoms with van der Waals surface area (Å²) in [5.74, 6) is 0. The Morgan fingerprint density at radius 2 is 1.93 bits per heavy atom. The van der Waals surface area contributed by atoms with Gasteiger partial charge in [-0.25, -0.2) is 4.79 Å². The van der Waals surface area contributed by atoms with Crippen LogP contribution in [-0.2, 0) is 4.74 Å². The van der Waals surface area contributed by atoms with Gasteiger partial charge in [-0.15, -0.1) is 0 Å². The molecule has 0 aromatic carbocycles. The minimum absolute atomic E-state index is 0.0287. The van der Waals surface area contributed by atoms with E-state index in [9.17, 15) is 4.79 Å². The maximum absolute atomic E-state index is 10.2. The molecule has 0 rings (SSSR count). The Morgan fingerprint density at radius 3 is 2.27 bits per heavy atom. The number of carbonyl (C=O) groups is 1. The summed E-state index contributed by atoms with van der Waals surface area (Å²) >= 11 is 0. The largest absolute Gasteiger partial charge is 0.447 e. The minimum atomic E-state index is -0.672. The first kappa shape index (κ1) is 15.7. The van der Waals surface area contributed by atoms with E-state index < -0.39 is 6.09 Å². The quantitative estimate of drug-likeness (QED) is 0.703. The van der Waals surface area contributed by atoms with Gasteiger partial charge >= 0.3 is 6.09 Å². The summed E-state index contributed by atoms with van der Waals surface area (Å²) in [5.41, 5.74) is 4.84. The molecule has 0 heterocycles. The van der Waals surface area contributed by atoms with E-state index in [4.69, 9.17) is 21.0 Å². The van der Waals surface area contributed by atoms with Crippen molar-refractivity contribution < 1.29 is 9.53 Å². The Kier molecular flexibility index (Phi) is 12.8. The smallest absolute Gasteiger partial charge is 0.404 e. The molecule has 0 aliphatic rings. The van der Waals surface area contributed by atoms with Crippen LogP contribution in [0.3, 0.4) is 0 Å². The van der Waals surface area contributed by atoms with E-state index in [1.165, 1.54) is 25.0 Å². The van der Waals surface area contributed by atoms with Gasteiger partial charge in [-0.05, 0) is 19.8 Å². The Balaban J connectivity index is 0. The van der Waals surface area contributed by atoms with Crippen molar-refractivity contribution >= 4 is 6.09 Å². The van der Waals surface area contributed by atoms with Crippen LogP contribution in [0.15, 0.2) is 0 Å². The van der Waals surface area contributed by atoms with Crippen LogP contribution in [0.2, 0.25) is 0 Å². The molecule has 5 heteroatoms. The summed E-state index contributed by atoms with van der Waals surface area (Å²) in [6.45, 7) is 4.00. The van der Waals surface area contributed by atoms with Gasteiger partial charge in [0.2, 0.25) is 0 Å². The van der Waals surface area contributed by atoms with Gasteiger partial charge in [0, 0.05) is 0 Å². The number of ether oxygens (including phenoxy) is 1. The zero-order valence-corrected chi connectivity index (χ0v) is 9.19. The molecule has 0 saturated carbocycles. The van der Waals surface area contributed by atoms with Crippen LogP contribution in [-0.4, -0.2) is 12.2 Å². The second kappa shape index (κ2) is 12.2. The van der Waals surface area contributed by atoms with Crippen molar-refractivity contribution in [3.63, 3.8) is 0 Å². The minimum Gasteiger partial charge on any atom is -0.447 e. The van der Waals surface area contributed by atoms with Crippen LogP contribution in [0.5, 0.6) is 0 Å². The van der Waals surface area contributed by atoms with Crippen LogP contribution in [0.1, 0.15) is 39.5 Å². The lowest BCUT2D eigenvalue weighted by molar-refractivity contribution is 0.110. The third kappa shape index (κ3) is 18.9. The fourth-order valence-corrected chi connectivity index (χ4v) is 0.939. The van der Waals surface area contributed by atoms with Gasteiger partial charge < -0.3 is 10.5 Å². The van der Waals surface area contributed by atoms with Crippen molar-refractivity contribution in [2.45, 2.75) is 45.6 Å². The van der Waals surface area contributed by atoms with Gasteiger partial charge in [0.15, 0.2) is 12.1 Å². The van der Waals surface area contributed by atoms with Gasteiger partial charge in [-0.2, -0.15) is 10.5 Å². The summed E-state index contributed by atoms with van der Waals surface area (Å²) in [7, 11) is 0. The zero-order chi connectivity index (χ0) is 12.1. The highest BCUT2D eigenvalue weighted by atomic mass is 16.6. The summed E-state index contributed by atoms with van der Waals surface area (Å²) in [6, 6.07) is 2.47. The first-order chi connectivity index (χ1) is 7.08. The van der Waals surface area contributed by atoms with Crippen molar-refractivity contribution in [2.24, 2.45) is 5.73 Å². The second-order valence-corrected chi connectivity index (χ2v) is 2.97. The van der Waals surface area contributed by atoms with E-state index in [1.807, 2.05) is 6.92 Å². The summed E-state index contributed by atoms with van der Waals surface area (Å²) in [6.07, 6.45) is 3.69. The van der Waals surface area contributed by atoms with Crippen molar-refractivity contribution in [3.8, 4) is 12.1 Å². The van der Waals surface area contributed by atoms with Crippen LogP contribution in [0, 0.1) is 22.7 Å². The average molecular weight is 211 g/mol. The number of nitrogens with two attached hydrogens (primary N) is 1. The SMILES string of the molecule is CCCCCC(C)OC(N)=O.N#CC#N. The van der Waals surface area contributed by atoms with Gasteiger partial charge in [-0.3, -0.25) is 0 Å². The molecule has 0 saturated heterocycles. The van der Waals surface area contributed by atoms with Crippen LogP contribution >= 0.6 is 0 Å². The van der Waals surface area contributed by atoms with E-state index in [-0.39, 0.29) is 6.10 Å². The Bertz CT molecular complexity index is 228. The molecule has 1 unspecified atom stereocenters. The van der Waals surface area contributed by atoms with E-state index in [0.29, 0.717) is 0 Å². The van der Waals surface area contributed by atoms with E-state index in [2.05, 4.69) is 6.92 Å². The molecule has 0 aromatic rings. The number of primary amides is 1. The maximum atomic E-state index is 10.2. The highest BCUT2D eigenvalue weighted by molar-refractivity contribution is 5.64. The van der Waals surface area contributed by atoms with Crippen LogP contribution in [0.25, 0.3) is 0 Å². The third-order valence-corrected chi connectivity index (χ3v) is 1.58. The predicted molar refractivity (Wildman–Crippen MR) is 55.5 cm³/mol. The molecule has 5 nitrogen and oxygen atoms in total. The highest BCUT2D eigenvalue weighted by Gasteiger charge is 2.03. The maximum Gasteiger partial charge on any atom is 0.404 e. The summed E-state index contributed by atoms with van der Waals surface area (Å²) in [4.78, 5) is 10.2. The normalized spacial score (nSPS) is 9.87. The molecule has 0 aromatic heterocycles. The molecule has 2 N–H and O–H groups in total. The Labute approximate surface area is 90.4 Å². The molecule has 0 fully saturated rings. The van der Waals surface area contributed by atoms with Crippen molar-refractivity contribution in [3.05, 3.63) is 0 Å². The molecule has 0 radical (unpaired) electrons. The first-order valence-electron chi connectivity index (χ1n) is 4.82. The third-order valence-electron chi connectivity index (χ3n) is 1.58. The number of nitrogens with zero attached hydrogens (tertiary/aromatic N) is 2. The monoisotopic (exact) mass is 211 g/mol. The molecule has 0 aliphatic carbocycles. The molecule has 15 heavy (non-hydrogen) atoms. The van der Waals surface area contributed by atoms with Gasteiger partial charge in [0.1, 0.15) is 6.10 Å². The molecule has 0 spiro atoms. The van der Waals surface area contributed by atoms with Crippen LogP contribution in [0.4, 0.5) is 4.79 Å². The number of rotatable bonds is 5. The summed E-state index contributed by atoms with van der Waals surface area (Å²) in [5, 5.41) is 14.5. The Morgan fingerprint density at radius 1 is 1.40 bits per heavy atom. The molecular weight excluding hydrogens is 194 g/mol. The molecule has 0 aliphatic heterocycles. The zero-order valence-electron chi connectivity index (χ0n) is 9.19. The highest BCUT2D eigenvalue weighted by Crippen LogP contribution is 2.05. The predicted octanol–water partition coefficient (Wildman–Crippen LogP) is 2.08. The lowest BCUT2D eigenvalue weighted by Gasteiger charge is -2.09. The molecular formula is C10H17N3O2. The van der Waals surface area contributed by atoms with Gasteiger partial charge in [0.25, 0.3) is 0 Å². The van der Waals surface area contributed by atoms with Gasteiger partial charge in [0.05, 0.1) is 0 Å². The van der Waals surface area contributed by atoms with E-state index >= 15 is 0 Å². The van der Waals surface area contributed by atoms with Crippen LogP contribution < -0.4 is 5.73 Å². The molecule has 1 atom stereocenters. The average Bonchev–Trinajstić information content (AvgIpc) is 2.17. The number of carbonyl (C=O) groups excluding carboxylic acids is 1. The molecule has 1 amide bonds. The second-order valence-electron chi connectivity index (χ2n) is 2.97. The topological polar surface area (TPSA) is 99.9 Å². The fraction of sp³-hybridized carbons (Fsp3) is 0.700. The number of hydrogen-bond donors (Lipinski definition) is 1. The standard InChI is InChI=1S/C8H17NO2.C2N2/c1-3-4-5-6-7(2)11-8(9)10;3-1-2-4/h7H,3-6H2,1-2H3,(H2,9,10);. The van der Waals surface area contributed by atoms with Crippen molar-refractivity contribution in [1.29, 1.82) is 10.5 Å². The number of hydrogen-bond acceptors (Lipinski definition) is 4. The Hall–Kier alpha value is -1.75. The lowest BCUT2D eigenvalue weighted by Crippen LogP contribution is -2.20. The lowest BCUT2D eigenvalue weighted by atomic mass is 10.1. The van der Waals surface area contributed by atoms with Crippen molar-refractivity contribution in [1.82, 2.24) is 0 Å². The van der Waals surface area contributed by atoms with Gasteiger partial charge in [-0.1, -0.05) is 19.8 Å². The first-order valence-corrected chi connectivity index (χ1v) is 4.82. The number of nitriles is 2. The van der Waals surface area contributed by atoms with E-state index in [1.54, 1.807) is 0 Å². The summed E-state index contributed by atoms with van der Waals surface area (Å²) < 4.78 is 4.74. The number of unbranched alkanes of at least 4 members (excludes halogenated alkanes) is 2. The molecule has 84 valence electrons.